The van der Waals surface area contributed by atoms with E-state index in [-0.39, 0.29) is 0 Å². The molecule has 0 fully saturated rings. The Labute approximate surface area is 117 Å². The Morgan fingerprint density at radius 2 is 1.59 bits per heavy atom. The zero-order chi connectivity index (χ0) is 12.4. The largest absolute Gasteiger partial charge is 0.0587 e. The van der Waals surface area contributed by atoms with Crippen LogP contribution in [0.4, 0.5) is 0 Å². The van der Waals surface area contributed by atoms with Crippen LogP contribution >= 0.6 is 22.6 Å². The van der Waals surface area contributed by atoms with Gasteiger partial charge in [0.05, 0.1) is 0 Å². The molecule has 0 bridgehead atoms. The van der Waals surface area contributed by atoms with Crippen molar-refractivity contribution in [1.82, 2.24) is 0 Å². The maximum Gasteiger partial charge on any atom is 0.0208 e. The van der Waals surface area contributed by atoms with Crippen molar-refractivity contribution in [2.75, 3.05) is 0 Å². The highest BCUT2D eigenvalue weighted by atomic mass is 127. The maximum atomic E-state index is 2.41. The lowest BCUT2D eigenvalue weighted by molar-refractivity contribution is 0.867. The molecular weight excluding hydrogens is 319 g/mol. The van der Waals surface area contributed by atoms with Gasteiger partial charge in [-0.25, -0.2) is 0 Å². The van der Waals surface area contributed by atoms with Crippen molar-refractivity contribution in [3.05, 3.63) is 57.2 Å². The normalized spacial score (nSPS) is 10.9. The van der Waals surface area contributed by atoms with E-state index in [4.69, 9.17) is 0 Å². The van der Waals surface area contributed by atoms with Crippen LogP contribution in [0, 0.1) is 10.5 Å². The Morgan fingerprint density at radius 1 is 0.941 bits per heavy atom. The van der Waals surface area contributed by atoms with E-state index in [1.165, 1.54) is 25.8 Å². The molecule has 0 saturated carbocycles. The number of aryl methyl sites for hydroxylation is 1. The molecule has 0 unspecified atom stereocenters. The second-order valence-electron chi connectivity index (χ2n) is 4.76. The predicted molar refractivity (Wildman–Crippen MR) is 83.4 cm³/mol. The molecule has 17 heavy (non-hydrogen) atoms. The summed E-state index contributed by atoms with van der Waals surface area (Å²) in [4.78, 5) is 0. The molecule has 0 radical (unpaired) electrons. The lowest BCUT2D eigenvalue weighted by Gasteiger charge is -2.11. The molecule has 0 aliphatic rings. The van der Waals surface area contributed by atoms with Gasteiger partial charge in [0.15, 0.2) is 0 Å². The molecule has 1 heteroatoms. The summed E-state index contributed by atoms with van der Waals surface area (Å²) in [5.74, 6) is 0.580. The summed E-state index contributed by atoms with van der Waals surface area (Å²) in [6, 6.07) is 15.5. The fourth-order valence-electron chi connectivity index (χ4n) is 1.86. The molecule has 2 aromatic carbocycles. The molecule has 0 nitrogen and oxygen atoms in total. The van der Waals surface area contributed by atoms with Gasteiger partial charge < -0.3 is 0 Å². The minimum absolute atomic E-state index is 0.580. The van der Waals surface area contributed by atoms with E-state index in [1.807, 2.05) is 0 Å². The predicted octanol–water partition coefficient (Wildman–Crippen LogP) is 5.39. The van der Waals surface area contributed by atoms with E-state index in [9.17, 15) is 0 Å². The standard InChI is InChI=1S/C16H17I/c1-11(2)14-8-9-16(17)15(10-14)13-6-4-12(3)5-7-13/h4-11H,1-3H3. The summed E-state index contributed by atoms with van der Waals surface area (Å²) in [6.07, 6.45) is 0. The first-order valence-electron chi connectivity index (χ1n) is 5.94. The summed E-state index contributed by atoms with van der Waals surface area (Å²) < 4.78 is 1.32. The average molecular weight is 336 g/mol. The zero-order valence-corrected chi connectivity index (χ0v) is 12.7. The van der Waals surface area contributed by atoms with Gasteiger partial charge in [-0.15, -0.1) is 0 Å². The van der Waals surface area contributed by atoms with Gasteiger partial charge >= 0.3 is 0 Å². The van der Waals surface area contributed by atoms with E-state index in [1.54, 1.807) is 0 Å². The van der Waals surface area contributed by atoms with Crippen molar-refractivity contribution in [1.29, 1.82) is 0 Å². The van der Waals surface area contributed by atoms with Gasteiger partial charge in [-0.3, -0.25) is 0 Å². The number of rotatable bonds is 2. The molecule has 0 N–H and O–H groups in total. The SMILES string of the molecule is Cc1ccc(-c2cc(C(C)C)ccc2I)cc1. The van der Waals surface area contributed by atoms with Gasteiger partial charge in [0, 0.05) is 3.57 Å². The van der Waals surface area contributed by atoms with Crippen LogP contribution < -0.4 is 0 Å². The van der Waals surface area contributed by atoms with Crippen LogP contribution in [0.5, 0.6) is 0 Å². The first kappa shape index (κ1) is 12.6. The third-order valence-electron chi connectivity index (χ3n) is 3.02. The summed E-state index contributed by atoms with van der Waals surface area (Å²) in [5.41, 5.74) is 5.36. The summed E-state index contributed by atoms with van der Waals surface area (Å²) in [7, 11) is 0. The summed E-state index contributed by atoms with van der Waals surface area (Å²) in [5, 5.41) is 0. The number of benzene rings is 2. The molecule has 2 rings (SSSR count). The second kappa shape index (κ2) is 5.21. The van der Waals surface area contributed by atoms with Crippen molar-refractivity contribution in [3.63, 3.8) is 0 Å². The lowest BCUT2D eigenvalue weighted by Crippen LogP contribution is -1.90. The Kier molecular flexibility index (Phi) is 3.87. The molecule has 0 heterocycles. The molecule has 0 spiro atoms. The summed E-state index contributed by atoms with van der Waals surface area (Å²) >= 11 is 2.41. The van der Waals surface area contributed by atoms with Crippen LogP contribution in [0.3, 0.4) is 0 Å². The van der Waals surface area contributed by atoms with Crippen LogP contribution in [-0.2, 0) is 0 Å². The molecule has 2 aromatic rings. The van der Waals surface area contributed by atoms with E-state index < -0.39 is 0 Å². The molecule has 88 valence electrons. The monoisotopic (exact) mass is 336 g/mol. The van der Waals surface area contributed by atoms with Crippen LogP contribution in [0.2, 0.25) is 0 Å². The van der Waals surface area contributed by atoms with E-state index >= 15 is 0 Å². The van der Waals surface area contributed by atoms with Crippen molar-refractivity contribution < 1.29 is 0 Å². The van der Waals surface area contributed by atoms with Gasteiger partial charge in [0.2, 0.25) is 0 Å². The van der Waals surface area contributed by atoms with Gasteiger partial charge in [-0.1, -0.05) is 49.7 Å². The van der Waals surface area contributed by atoms with Crippen molar-refractivity contribution in [3.8, 4) is 11.1 Å². The number of hydrogen-bond donors (Lipinski definition) is 0. The summed E-state index contributed by atoms with van der Waals surface area (Å²) in [6.45, 7) is 6.60. The molecule has 0 aromatic heterocycles. The third kappa shape index (κ3) is 2.89. The zero-order valence-electron chi connectivity index (χ0n) is 10.5. The smallest absolute Gasteiger partial charge is 0.0208 e. The highest BCUT2D eigenvalue weighted by Crippen LogP contribution is 2.29. The molecule has 0 aliphatic carbocycles. The van der Waals surface area contributed by atoms with Crippen LogP contribution in [0.25, 0.3) is 11.1 Å². The van der Waals surface area contributed by atoms with Crippen LogP contribution in [0.15, 0.2) is 42.5 Å². The van der Waals surface area contributed by atoms with Crippen LogP contribution in [0.1, 0.15) is 30.9 Å². The Balaban J connectivity index is 2.50. The van der Waals surface area contributed by atoms with E-state index in [0.29, 0.717) is 5.92 Å². The quantitative estimate of drug-likeness (QED) is 0.645. The number of halogens is 1. The molecular formula is C16H17I. The van der Waals surface area contributed by atoms with E-state index in [2.05, 4.69) is 85.8 Å². The fourth-order valence-corrected chi connectivity index (χ4v) is 2.50. The Bertz CT molecular complexity index is 510. The first-order chi connectivity index (χ1) is 8.08. The first-order valence-corrected chi connectivity index (χ1v) is 7.02. The number of hydrogen-bond acceptors (Lipinski definition) is 0. The highest BCUT2D eigenvalue weighted by molar-refractivity contribution is 14.1. The van der Waals surface area contributed by atoms with Crippen molar-refractivity contribution >= 4 is 22.6 Å². The lowest BCUT2D eigenvalue weighted by atomic mass is 9.97. The van der Waals surface area contributed by atoms with Gasteiger partial charge in [-0.05, 0) is 64.3 Å². The van der Waals surface area contributed by atoms with E-state index in [0.717, 1.165) is 0 Å². The topological polar surface area (TPSA) is 0 Å². The molecule has 0 amide bonds. The molecule has 0 atom stereocenters. The third-order valence-corrected chi connectivity index (χ3v) is 3.96. The molecule has 0 aliphatic heterocycles. The van der Waals surface area contributed by atoms with Gasteiger partial charge in [0.25, 0.3) is 0 Å². The van der Waals surface area contributed by atoms with Gasteiger partial charge in [0.1, 0.15) is 0 Å². The minimum Gasteiger partial charge on any atom is -0.0587 e. The maximum absolute atomic E-state index is 2.41. The average Bonchev–Trinajstić information content (AvgIpc) is 2.31. The van der Waals surface area contributed by atoms with Crippen molar-refractivity contribution in [2.45, 2.75) is 26.7 Å². The highest BCUT2D eigenvalue weighted by Gasteiger charge is 2.06. The van der Waals surface area contributed by atoms with Crippen LogP contribution in [-0.4, -0.2) is 0 Å². The fraction of sp³-hybridized carbons (Fsp3) is 0.250. The minimum atomic E-state index is 0.580. The van der Waals surface area contributed by atoms with Crippen molar-refractivity contribution in [2.24, 2.45) is 0 Å². The Morgan fingerprint density at radius 3 is 2.18 bits per heavy atom. The van der Waals surface area contributed by atoms with Gasteiger partial charge in [-0.2, -0.15) is 0 Å². The second-order valence-corrected chi connectivity index (χ2v) is 5.92. The Hall–Kier alpha value is -0.830. The molecule has 0 saturated heterocycles.